The Morgan fingerprint density at radius 1 is 1.50 bits per heavy atom. The zero-order valence-corrected chi connectivity index (χ0v) is 9.04. The van der Waals surface area contributed by atoms with E-state index >= 15 is 0 Å². The normalized spacial score (nSPS) is 22.9. The topological polar surface area (TPSA) is 58.4 Å². The van der Waals surface area contributed by atoms with Crippen LogP contribution in [0.15, 0.2) is 18.5 Å². The Hall–Kier alpha value is -1.36. The molecule has 16 heavy (non-hydrogen) atoms. The molecular formula is C11H15N3O2. The summed E-state index contributed by atoms with van der Waals surface area (Å²) in [6, 6.07) is 1.80. The maximum Gasteiger partial charge on any atom is 0.244 e. The molecule has 0 radical (unpaired) electrons. The van der Waals surface area contributed by atoms with Gasteiger partial charge >= 0.3 is 0 Å². The van der Waals surface area contributed by atoms with E-state index in [4.69, 9.17) is 0 Å². The molecule has 1 saturated carbocycles. The highest BCUT2D eigenvalue weighted by molar-refractivity contribution is 5.77. The smallest absolute Gasteiger partial charge is 0.244 e. The summed E-state index contributed by atoms with van der Waals surface area (Å²) in [6.07, 6.45) is 5.64. The maximum atomic E-state index is 11.8. The van der Waals surface area contributed by atoms with E-state index in [2.05, 4.69) is 5.10 Å². The molecule has 5 heteroatoms. The van der Waals surface area contributed by atoms with Gasteiger partial charge in [-0.05, 0) is 24.8 Å². The van der Waals surface area contributed by atoms with E-state index in [1.165, 1.54) is 0 Å². The van der Waals surface area contributed by atoms with Crippen LogP contribution in [0.25, 0.3) is 0 Å². The summed E-state index contributed by atoms with van der Waals surface area (Å²) in [6.45, 7) is 1.27. The lowest BCUT2D eigenvalue weighted by Gasteiger charge is -2.47. The fraction of sp³-hybridized carbons (Fsp3) is 0.636. The molecule has 2 heterocycles. The van der Waals surface area contributed by atoms with Crippen molar-refractivity contribution in [3.05, 3.63) is 18.5 Å². The van der Waals surface area contributed by atoms with Crippen molar-refractivity contribution in [2.75, 3.05) is 13.1 Å². The summed E-state index contributed by atoms with van der Waals surface area (Å²) in [7, 11) is 0. The zero-order chi connectivity index (χ0) is 11.2. The average Bonchev–Trinajstić information content (AvgIpc) is 2.94. The summed E-state index contributed by atoms with van der Waals surface area (Å²) < 4.78 is 1.61. The molecule has 1 N–H and O–H groups in total. The van der Waals surface area contributed by atoms with Crippen molar-refractivity contribution in [2.45, 2.75) is 25.0 Å². The van der Waals surface area contributed by atoms with Crippen LogP contribution >= 0.6 is 0 Å². The minimum atomic E-state index is -0.584. The lowest BCUT2D eigenvalue weighted by molar-refractivity contribution is -0.160. The highest BCUT2D eigenvalue weighted by atomic mass is 16.3. The number of likely N-dealkylation sites (tertiary alicyclic amines) is 1. The highest BCUT2D eigenvalue weighted by Gasteiger charge is 2.53. The summed E-state index contributed by atoms with van der Waals surface area (Å²) in [5.41, 5.74) is -0.584. The Morgan fingerprint density at radius 2 is 2.25 bits per heavy atom. The summed E-state index contributed by atoms with van der Waals surface area (Å²) in [4.78, 5) is 13.5. The van der Waals surface area contributed by atoms with Gasteiger partial charge < -0.3 is 10.0 Å². The van der Waals surface area contributed by atoms with E-state index in [1.807, 2.05) is 0 Å². The molecule has 1 amide bonds. The van der Waals surface area contributed by atoms with E-state index in [0.717, 1.165) is 12.8 Å². The Morgan fingerprint density at radius 3 is 2.81 bits per heavy atom. The third kappa shape index (κ3) is 1.61. The molecule has 86 valence electrons. The molecule has 1 saturated heterocycles. The molecule has 2 fully saturated rings. The number of aliphatic hydroxyl groups is 1. The second-order valence-electron chi connectivity index (χ2n) is 4.83. The number of aromatic nitrogens is 2. The van der Waals surface area contributed by atoms with Crippen molar-refractivity contribution >= 4 is 5.91 Å². The van der Waals surface area contributed by atoms with Crippen molar-refractivity contribution < 1.29 is 9.90 Å². The minimum Gasteiger partial charge on any atom is -0.386 e. The Kier molecular flexibility index (Phi) is 2.04. The number of amides is 1. The standard InChI is InChI=1S/C11H15N3O2/c15-10(6-14-5-1-4-12-14)13-7-11(16,8-13)9-2-3-9/h1,4-5,9,16H,2-3,6-8H2. The van der Waals surface area contributed by atoms with Crippen LogP contribution in [0.3, 0.4) is 0 Å². The summed E-state index contributed by atoms with van der Waals surface area (Å²) in [5.74, 6) is 0.468. The number of carbonyl (C=O) groups excluding carboxylic acids is 1. The van der Waals surface area contributed by atoms with Crippen LogP contribution < -0.4 is 0 Å². The van der Waals surface area contributed by atoms with Crippen LogP contribution in [-0.4, -0.2) is 44.4 Å². The first-order valence-corrected chi connectivity index (χ1v) is 5.65. The van der Waals surface area contributed by atoms with Crippen LogP contribution in [0.4, 0.5) is 0 Å². The molecule has 0 bridgehead atoms. The number of hydrogen-bond acceptors (Lipinski definition) is 3. The van der Waals surface area contributed by atoms with Crippen LogP contribution in [0.5, 0.6) is 0 Å². The van der Waals surface area contributed by atoms with E-state index in [-0.39, 0.29) is 12.5 Å². The molecule has 3 rings (SSSR count). The Labute approximate surface area is 93.7 Å². The van der Waals surface area contributed by atoms with Crippen LogP contribution in [0.2, 0.25) is 0 Å². The Bertz CT molecular complexity index is 391. The van der Waals surface area contributed by atoms with Crippen molar-refractivity contribution in [1.82, 2.24) is 14.7 Å². The molecule has 1 aromatic heterocycles. The fourth-order valence-corrected chi connectivity index (χ4v) is 2.30. The molecular weight excluding hydrogens is 206 g/mol. The molecule has 2 aliphatic rings. The minimum absolute atomic E-state index is 0.0361. The third-order valence-electron chi connectivity index (χ3n) is 3.48. The van der Waals surface area contributed by atoms with E-state index in [0.29, 0.717) is 19.0 Å². The monoisotopic (exact) mass is 221 g/mol. The number of β-amino-alcohol motifs (C(OH)–C–C–N with tert-alkyl or cyclic N) is 1. The number of nitrogens with zero attached hydrogens (tertiary/aromatic N) is 3. The first kappa shape index (κ1) is 9.84. The largest absolute Gasteiger partial charge is 0.386 e. The fourth-order valence-electron chi connectivity index (χ4n) is 2.30. The second-order valence-corrected chi connectivity index (χ2v) is 4.83. The lowest BCUT2D eigenvalue weighted by atomic mass is 9.89. The predicted octanol–water partition coefficient (Wildman–Crippen LogP) is -0.134. The zero-order valence-electron chi connectivity index (χ0n) is 9.04. The van der Waals surface area contributed by atoms with Gasteiger partial charge in [-0.3, -0.25) is 9.48 Å². The maximum absolute atomic E-state index is 11.8. The van der Waals surface area contributed by atoms with E-state index < -0.39 is 5.60 Å². The molecule has 1 aliphatic heterocycles. The molecule has 0 spiro atoms. The second kappa shape index (κ2) is 3.31. The molecule has 1 aliphatic carbocycles. The van der Waals surface area contributed by atoms with Gasteiger partial charge in [-0.25, -0.2) is 0 Å². The van der Waals surface area contributed by atoms with Gasteiger partial charge in [-0.15, -0.1) is 0 Å². The molecule has 0 unspecified atom stereocenters. The molecule has 1 aromatic rings. The van der Waals surface area contributed by atoms with Gasteiger partial charge in [0.15, 0.2) is 0 Å². The highest BCUT2D eigenvalue weighted by Crippen LogP contribution is 2.44. The number of carbonyl (C=O) groups is 1. The third-order valence-corrected chi connectivity index (χ3v) is 3.48. The predicted molar refractivity (Wildman–Crippen MR) is 56.5 cm³/mol. The van der Waals surface area contributed by atoms with Crippen LogP contribution in [-0.2, 0) is 11.3 Å². The quantitative estimate of drug-likeness (QED) is 0.773. The van der Waals surface area contributed by atoms with Crippen molar-refractivity contribution in [2.24, 2.45) is 5.92 Å². The van der Waals surface area contributed by atoms with Crippen LogP contribution in [0.1, 0.15) is 12.8 Å². The van der Waals surface area contributed by atoms with Gasteiger partial charge in [-0.2, -0.15) is 5.10 Å². The van der Waals surface area contributed by atoms with E-state index in [9.17, 15) is 9.90 Å². The molecule has 5 nitrogen and oxygen atoms in total. The first-order chi connectivity index (χ1) is 7.67. The van der Waals surface area contributed by atoms with Gasteiger partial charge in [0.05, 0.1) is 13.1 Å². The van der Waals surface area contributed by atoms with E-state index in [1.54, 1.807) is 28.0 Å². The number of rotatable bonds is 3. The van der Waals surface area contributed by atoms with Gasteiger partial charge in [0.2, 0.25) is 5.91 Å². The SMILES string of the molecule is O=C(Cn1cccn1)N1CC(O)(C2CC2)C1. The van der Waals surface area contributed by atoms with Crippen molar-refractivity contribution in [3.63, 3.8) is 0 Å². The number of hydrogen-bond donors (Lipinski definition) is 1. The lowest BCUT2D eigenvalue weighted by Crippen LogP contribution is -2.65. The van der Waals surface area contributed by atoms with Gasteiger partial charge in [-0.1, -0.05) is 0 Å². The van der Waals surface area contributed by atoms with Gasteiger partial charge in [0, 0.05) is 12.4 Å². The summed E-state index contributed by atoms with van der Waals surface area (Å²) >= 11 is 0. The van der Waals surface area contributed by atoms with Crippen LogP contribution in [0, 0.1) is 5.92 Å². The van der Waals surface area contributed by atoms with Gasteiger partial charge in [0.25, 0.3) is 0 Å². The molecule has 0 aromatic carbocycles. The average molecular weight is 221 g/mol. The summed E-state index contributed by atoms with van der Waals surface area (Å²) in [5, 5.41) is 14.1. The molecule has 0 atom stereocenters. The first-order valence-electron chi connectivity index (χ1n) is 5.65. The van der Waals surface area contributed by atoms with Crippen molar-refractivity contribution in [1.29, 1.82) is 0 Å². The Balaban J connectivity index is 1.54. The van der Waals surface area contributed by atoms with Crippen molar-refractivity contribution in [3.8, 4) is 0 Å². The van der Waals surface area contributed by atoms with Gasteiger partial charge in [0.1, 0.15) is 12.1 Å².